The van der Waals surface area contributed by atoms with Crippen LogP contribution in [0.5, 0.6) is 5.75 Å². The number of nitrogens with zero attached hydrogens (tertiary/aromatic N) is 5. The van der Waals surface area contributed by atoms with Crippen molar-refractivity contribution in [3.05, 3.63) is 83.3 Å². The predicted molar refractivity (Wildman–Crippen MR) is 145 cm³/mol. The Morgan fingerprint density at radius 2 is 1.49 bits per heavy atom. The molecule has 1 aromatic heterocycles. The topological polar surface area (TPSA) is 78.9 Å². The number of hydrogen-bond acceptors (Lipinski definition) is 7. The van der Waals surface area contributed by atoms with Crippen molar-refractivity contribution in [2.75, 3.05) is 42.5 Å². The summed E-state index contributed by atoms with van der Waals surface area (Å²) in [6.45, 7) is -3.19. The minimum atomic E-state index is -5.12. The Labute approximate surface area is 242 Å². The number of sulfonamides is 1. The van der Waals surface area contributed by atoms with E-state index < -0.39 is 50.5 Å². The first kappa shape index (κ1) is 29.0. The molecule has 0 saturated carbocycles. The number of ether oxygens (including phenoxy) is 1. The Kier molecular flexibility index (Phi) is 7.54. The molecule has 0 aliphatic carbocycles. The summed E-state index contributed by atoms with van der Waals surface area (Å²) in [5.74, 6) is -11.0. The Morgan fingerprint density at radius 3 is 2.23 bits per heavy atom. The van der Waals surface area contributed by atoms with E-state index in [0.29, 0.717) is 29.6 Å². The molecule has 3 aromatic carbocycles. The summed E-state index contributed by atoms with van der Waals surface area (Å²) in [5.41, 5.74) is 2.75. The normalized spacial score (nSPS) is 16.2. The zero-order chi connectivity index (χ0) is 30.5. The van der Waals surface area contributed by atoms with E-state index in [1.54, 1.807) is 4.90 Å². The SMILES string of the molecule is O=S(=O)(c1c(F)c(F)c(F)c(F)c1OC(F)F)N1CCN(c2ncnc3c2CCN(c2cccc4ccccc24)C3)CC1. The van der Waals surface area contributed by atoms with Crippen LogP contribution in [0.1, 0.15) is 11.3 Å². The molecular formula is C28H23F6N5O3S. The first-order chi connectivity index (χ1) is 20.6. The molecule has 15 heteroatoms. The van der Waals surface area contributed by atoms with Gasteiger partial charge in [-0.2, -0.15) is 17.5 Å². The van der Waals surface area contributed by atoms with Gasteiger partial charge in [0.25, 0.3) is 0 Å². The molecule has 1 fully saturated rings. The fourth-order valence-corrected chi connectivity index (χ4v) is 7.18. The summed E-state index contributed by atoms with van der Waals surface area (Å²) in [5, 5.41) is 2.22. The number of anilines is 2. The molecule has 0 atom stereocenters. The van der Waals surface area contributed by atoms with Crippen molar-refractivity contribution in [2.24, 2.45) is 0 Å². The molecule has 3 heterocycles. The monoisotopic (exact) mass is 623 g/mol. The molecule has 0 N–H and O–H groups in total. The molecule has 0 radical (unpaired) electrons. The highest BCUT2D eigenvalue weighted by Gasteiger charge is 2.40. The van der Waals surface area contributed by atoms with Crippen LogP contribution in [-0.4, -0.2) is 62.0 Å². The second-order valence-electron chi connectivity index (χ2n) is 9.98. The third-order valence-electron chi connectivity index (χ3n) is 7.62. The summed E-state index contributed by atoms with van der Waals surface area (Å²) in [7, 11) is -5.12. The highest BCUT2D eigenvalue weighted by Crippen LogP contribution is 2.38. The average Bonchev–Trinajstić information content (AvgIpc) is 3.01. The number of benzene rings is 3. The minimum absolute atomic E-state index is 0.0362. The summed E-state index contributed by atoms with van der Waals surface area (Å²) in [4.78, 5) is 11.1. The molecule has 8 nitrogen and oxygen atoms in total. The fourth-order valence-electron chi connectivity index (χ4n) is 5.58. The number of aromatic nitrogens is 2. The maximum absolute atomic E-state index is 14.6. The smallest absolute Gasteiger partial charge is 0.387 e. The first-order valence-corrected chi connectivity index (χ1v) is 14.6. The molecule has 43 heavy (non-hydrogen) atoms. The van der Waals surface area contributed by atoms with Crippen LogP contribution < -0.4 is 14.5 Å². The molecule has 1 saturated heterocycles. The van der Waals surface area contributed by atoms with E-state index in [1.165, 1.54) is 6.33 Å². The van der Waals surface area contributed by atoms with Gasteiger partial charge in [0.1, 0.15) is 12.1 Å². The summed E-state index contributed by atoms with van der Waals surface area (Å²) in [6.07, 6.45) is 2.01. The van der Waals surface area contributed by atoms with Crippen LogP contribution >= 0.6 is 0 Å². The van der Waals surface area contributed by atoms with Crippen molar-refractivity contribution in [1.82, 2.24) is 14.3 Å². The van der Waals surface area contributed by atoms with Gasteiger partial charge < -0.3 is 14.5 Å². The van der Waals surface area contributed by atoms with Gasteiger partial charge in [0.15, 0.2) is 22.3 Å². The lowest BCUT2D eigenvalue weighted by molar-refractivity contribution is -0.0551. The molecule has 0 amide bonds. The second kappa shape index (κ2) is 11.2. The van der Waals surface area contributed by atoms with Crippen LogP contribution in [0.3, 0.4) is 0 Å². The van der Waals surface area contributed by atoms with Gasteiger partial charge in [-0.1, -0.05) is 36.4 Å². The third-order valence-corrected chi connectivity index (χ3v) is 9.54. The standard InChI is InChI=1S/C28H23F6N5O3S/c29-21-22(30)24(32)26(25(23(21)31)42-28(33)34)43(40,41)39-12-10-37(11-13-39)27-18-8-9-38(14-19(18)35-15-36-27)20-7-3-5-16-4-1-2-6-17(16)20/h1-7,15,28H,8-14H2. The predicted octanol–water partition coefficient (Wildman–Crippen LogP) is 4.86. The minimum Gasteiger partial charge on any atom is -0.430 e. The van der Waals surface area contributed by atoms with E-state index in [1.807, 2.05) is 30.3 Å². The molecule has 0 unspecified atom stereocenters. The van der Waals surface area contributed by atoms with Gasteiger partial charge in [-0.3, -0.25) is 0 Å². The van der Waals surface area contributed by atoms with Crippen LogP contribution in [0.2, 0.25) is 0 Å². The Balaban J connectivity index is 1.23. The highest BCUT2D eigenvalue weighted by molar-refractivity contribution is 7.89. The van der Waals surface area contributed by atoms with E-state index in [-0.39, 0.29) is 26.2 Å². The molecular weight excluding hydrogens is 600 g/mol. The molecule has 0 bridgehead atoms. The molecule has 0 spiro atoms. The quantitative estimate of drug-likeness (QED) is 0.173. The van der Waals surface area contributed by atoms with Crippen LogP contribution in [0, 0.1) is 23.3 Å². The number of rotatable bonds is 6. The van der Waals surface area contributed by atoms with E-state index in [4.69, 9.17) is 0 Å². The van der Waals surface area contributed by atoms with Crippen LogP contribution in [0.15, 0.2) is 53.7 Å². The van der Waals surface area contributed by atoms with Crippen molar-refractivity contribution in [2.45, 2.75) is 24.5 Å². The van der Waals surface area contributed by atoms with Gasteiger partial charge in [-0.05, 0) is 17.9 Å². The van der Waals surface area contributed by atoms with Crippen LogP contribution in [0.25, 0.3) is 10.8 Å². The highest BCUT2D eigenvalue weighted by atomic mass is 32.2. The lowest BCUT2D eigenvalue weighted by Gasteiger charge is -2.37. The number of halogens is 6. The second-order valence-corrected chi connectivity index (χ2v) is 11.9. The van der Waals surface area contributed by atoms with Crippen molar-refractivity contribution in [1.29, 1.82) is 0 Å². The van der Waals surface area contributed by atoms with Gasteiger partial charge in [-0.15, -0.1) is 0 Å². The summed E-state index contributed by atoms with van der Waals surface area (Å²) < 4.78 is 113. The van der Waals surface area contributed by atoms with Gasteiger partial charge in [0, 0.05) is 49.4 Å². The van der Waals surface area contributed by atoms with Crippen molar-refractivity contribution in [3.8, 4) is 5.75 Å². The van der Waals surface area contributed by atoms with Crippen molar-refractivity contribution >= 4 is 32.3 Å². The molecule has 4 aromatic rings. The lowest BCUT2D eigenvalue weighted by Crippen LogP contribution is -2.49. The maximum atomic E-state index is 14.6. The molecule has 226 valence electrons. The zero-order valence-corrected chi connectivity index (χ0v) is 23.1. The molecule has 6 rings (SSSR count). The van der Waals surface area contributed by atoms with Gasteiger partial charge in [0.05, 0.1) is 12.2 Å². The van der Waals surface area contributed by atoms with Crippen LogP contribution in [-0.2, 0) is 23.0 Å². The Hall–Kier alpha value is -4.11. The number of alkyl halides is 2. The van der Waals surface area contributed by atoms with Gasteiger partial charge >= 0.3 is 6.61 Å². The fraction of sp³-hybridized carbons (Fsp3) is 0.286. The van der Waals surface area contributed by atoms with Crippen molar-refractivity contribution in [3.63, 3.8) is 0 Å². The maximum Gasteiger partial charge on any atom is 0.387 e. The number of fused-ring (bicyclic) bond motifs is 2. The van der Waals surface area contributed by atoms with Gasteiger partial charge in [0.2, 0.25) is 21.7 Å². The van der Waals surface area contributed by atoms with Crippen LogP contribution in [0.4, 0.5) is 37.8 Å². The summed E-state index contributed by atoms with van der Waals surface area (Å²) in [6, 6.07) is 14.1. The van der Waals surface area contributed by atoms with Crippen molar-refractivity contribution < 1.29 is 39.5 Å². The lowest BCUT2D eigenvalue weighted by atomic mass is 10.0. The van der Waals surface area contributed by atoms with E-state index in [9.17, 15) is 34.8 Å². The van der Waals surface area contributed by atoms with E-state index >= 15 is 0 Å². The third kappa shape index (κ3) is 5.09. The molecule has 2 aliphatic rings. The largest absolute Gasteiger partial charge is 0.430 e. The summed E-state index contributed by atoms with van der Waals surface area (Å²) >= 11 is 0. The average molecular weight is 624 g/mol. The van der Waals surface area contributed by atoms with E-state index in [0.717, 1.165) is 27.7 Å². The first-order valence-electron chi connectivity index (χ1n) is 13.2. The van der Waals surface area contributed by atoms with Gasteiger partial charge in [-0.25, -0.2) is 31.6 Å². The van der Waals surface area contributed by atoms with E-state index in [2.05, 4.69) is 31.7 Å². The zero-order valence-electron chi connectivity index (χ0n) is 22.3. The Bertz CT molecular complexity index is 1810. The number of hydrogen-bond donors (Lipinski definition) is 0. The molecule has 2 aliphatic heterocycles. The Morgan fingerprint density at radius 1 is 0.791 bits per heavy atom. The number of piperazine rings is 1.